The van der Waals surface area contributed by atoms with Gasteiger partial charge in [-0.3, -0.25) is 4.79 Å². The summed E-state index contributed by atoms with van der Waals surface area (Å²) in [5.41, 5.74) is 3.26. The van der Waals surface area contributed by atoms with Gasteiger partial charge in [-0.25, -0.2) is 4.98 Å². The Morgan fingerprint density at radius 1 is 1.12 bits per heavy atom. The van der Waals surface area contributed by atoms with Crippen LogP contribution in [-0.2, 0) is 0 Å². The molecule has 0 saturated carbocycles. The summed E-state index contributed by atoms with van der Waals surface area (Å²) in [6.45, 7) is 6.17. The van der Waals surface area contributed by atoms with Crippen molar-refractivity contribution in [2.75, 3.05) is 11.4 Å². The lowest BCUT2D eigenvalue weighted by Gasteiger charge is -2.19. The number of furan rings is 1. The summed E-state index contributed by atoms with van der Waals surface area (Å²) in [6, 6.07) is 19.3. The highest BCUT2D eigenvalue weighted by molar-refractivity contribution is 6.06. The number of para-hydroxylation sites is 1. The molecule has 0 atom stereocenters. The monoisotopic (exact) mass is 342 g/mol. The van der Waals surface area contributed by atoms with Gasteiger partial charge >= 0.3 is 0 Å². The number of hydrogen-bond acceptors (Lipinski definition) is 3. The Kier molecular flexibility index (Phi) is 4.01. The van der Waals surface area contributed by atoms with Gasteiger partial charge < -0.3 is 9.32 Å². The minimum Gasteiger partial charge on any atom is -0.433 e. The number of aromatic nitrogens is 1. The Hall–Kier alpha value is -3.40. The van der Waals surface area contributed by atoms with Crippen LogP contribution in [0, 0.1) is 6.92 Å². The molecule has 0 radical (unpaired) electrons. The lowest BCUT2D eigenvalue weighted by atomic mass is 10.1. The molecular weight excluding hydrogens is 324 g/mol. The van der Waals surface area contributed by atoms with Crippen molar-refractivity contribution in [2.24, 2.45) is 0 Å². The Labute approximate surface area is 151 Å². The molecular formula is C22H18N2O2. The molecule has 128 valence electrons. The van der Waals surface area contributed by atoms with Crippen molar-refractivity contribution < 1.29 is 9.21 Å². The maximum Gasteiger partial charge on any atom is 0.294 e. The van der Waals surface area contributed by atoms with Crippen molar-refractivity contribution in [3.63, 3.8) is 0 Å². The van der Waals surface area contributed by atoms with E-state index in [1.54, 1.807) is 17.0 Å². The average Bonchev–Trinajstić information content (AvgIpc) is 3.07. The molecule has 4 nitrogen and oxygen atoms in total. The number of rotatable bonds is 4. The van der Waals surface area contributed by atoms with E-state index >= 15 is 0 Å². The minimum absolute atomic E-state index is 0.214. The molecule has 4 rings (SSSR count). The Bertz CT molecular complexity index is 1110. The molecule has 0 spiro atoms. The van der Waals surface area contributed by atoms with Gasteiger partial charge in [0.05, 0.1) is 5.52 Å². The quantitative estimate of drug-likeness (QED) is 0.483. The second kappa shape index (κ2) is 6.48. The van der Waals surface area contributed by atoms with Crippen molar-refractivity contribution in [1.29, 1.82) is 0 Å². The van der Waals surface area contributed by atoms with Crippen LogP contribution in [0.5, 0.6) is 0 Å². The van der Waals surface area contributed by atoms with E-state index in [1.807, 2.05) is 61.5 Å². The summed E-state index contributed by atoms with van der Waals surface area (Å²) in [7, 11) is 0. The van der Waals surface area contributed by atoms with Crippen LogP contribution in [0.4, 0.5) is 5.69 Å². The minimum atomic E-state index is -0.214. The standard InChI is InChI=1S/C22H18N2O2/c1-3-11-24(18-7-5-4-6-8-18)22(25)20-14-17-13-16-10-9-15(2)12-19(16)23-21(17)26-20/h3-10,12-14H,1,11H2,2H3. The molecule has 0 fully saturated rings. The molecule has 0 saturated heterocycles. The van der Waals surface area contributed by atoms with Gasteiger partial charge in [0.15, 0.2) is 5.76 Å². The van der Waals surface area contributed by atoms with Crippen molar-refractivity contribution in [2.45, 2.75) is 6.92 Å². The van der Waals surface area contributed by atoms with Crippen molar-refractivity contribution in [3.8, 4) is 0 Å². The average molecular weight is 342 g/mol. The first-order chi connectivity index (χ1) is 12.7. The van der Waals surface area contributed by atoms with E-state index in [2.05, 4.69) is 11.6 Å². The van der Waals surface area contributed by atoms with Gasteiger partial charge in [0, 0.05) is 23.0 Å². The van der Waals surface area contributed by atoms with Crippen LogP contribution in [0.25, 0.3) is 22.0 Å². The zero-order valence-electron chi connectivity index (χ0n) is 14.5. The Morgan fingerprint density at radius 2 is 1.92 bits per heavy atom. The predicted molar refractivity (Wildman–Crippen MR) is 105 cm³/mol. The summed E-state index contributed by atoms with van der Waals surface area (Å²) in [5.74, 6) is 0.0552. The first kappa shape index (κ1) is 16.1. The van der Waals surface area contributed by atoms with E-state index in [1.165, 1.54) is 0 Å². The van der Waals surface area contributed by atoms with Crippen LogP contribution in [0.15, 0.2) is 77.7 Å². The number of fused-ring (bicyclic) bond motifs is 2. The van der Waals surface area contributed by atoms with Crippen LogP contribution in [0.1, 0.15) is 16.1 Å². The molecule has 26 heavy (non-hydrogen) atoms. The molecule has 0 aliphatic carbocycles. The summed E-state index contributed by atoms with van der Waals surface area (Å²) < 4.78 is 5.79. The smallest absolute Gasteiger partial charge is 0.294 e. The van der Waals surface area contributed by atoms with Crippen LogP contribution >= 0.6 is 0 Å². The zero-order valence-corrected chi connectivity index (χ0v) is 14.5. The highest BCUT2D eigenvalue weighted by atomic mass is 16.4. The first-order valence-electron chi connectivity index (χ1n) is 8.44. The molecule has 4 heteroatoms. The van der Waals surface area contributed by atoms with Gasteiger partial charge in [-0.05, 0) is 42.8 Å². The molecule has 0 aliphatic rings. The van der Waals surface area contributed by atoms with Crippen molar-refractivity contribution >= 4 is 33.6 Å². The SMILES string of the molecule is C=CCN(C(=O)c1cc2cc3ccc(C)cc3nc2o1)c1ccccc1. The molecule has 0 N–H and O–H groups in total. The van der Waals surface area contributed by atoms with E-state index in [4.69, 9.17) is 4.42 Å². The fraction of sp³-hybridized carbons (Fsp3) is 0.0909. The first-order valence-corrected chi connectivity index (χ1v) is 8.44. The number of anilines is 1. The maximum atomic E-state index is 13.0. The topological polar surface area (TPSA) is 46.3 Å². The molecule has 0 aliphatic heterocycles. The fourth-order valence-corrected chi connectivity index (χ4v) is 3.02. The number of hydrogen-bond donors (Lipinski definition) is 0. The predicted octanol–water partition coefficient (Wildman–Crippen LogP) is 5.12. The van der Waals surface area contributed by atoms with Gasteiger partial charge in [0.1, 0.15) is 0 Å². The lowest BCUT2D eigenvalue weighted by molar-refractivity contribution is 0.0965. The van der Waals surface area contributed by atoms with Gasteiger partial charge in [0.25, 0.3) is 5.91 Å². The number of aryl methyl sites for hydroxylation is 1. The lowest BCUT2D eigenvalue weighted by Crippen LogP contribution is -2.30. The van der Waals surface area contributed by atoms with Crippen LogP contribution in [0.2, 0.25) is 0 Å². The third kappa shape index (κ3) is 2.86. The molecule has 4 aromatic rings. The van der Waals surface area contributed by atoms with Gasteiger partial charge in [-0.1, -0.05) is 36.4 Å². The highest BCUT2D eigenvalue weighted by Crippen LogP contribution is 2.25. The van der Waals surface area contributed by atoms with E-state index in [0.717, 1.165) is 27.5 Å². The van der Waals surface area contributed by atoms with E-state index < -0.39 is 0 Å². The maximum absolute atomic E-state index is 13.0. The molecule has 0 unspecified atom stereocenters. The number of carbonyl (C=O) groups excluding carboxylic acids is 1. The Morgan fingerprint density at radius 3 is 2.69 bits per heavy atom. The third-order valence-corrected chi connectivity index (χ3v) is 4.29. The van der Waals surface area contributed by atoms with Crippen molar-refractivity contribution in [3.05, 3.63) is 84.6 Å². The molecule has 2 aromatic carbocycles. The van der Waals surface area contributed by atoms with Crippen LogP contribution in [0.3, 0.4) is 0 Å². The largest absolute Gasteiger partial charge is 0.433 e. The number of amides is 1. The summed E-state index contributed by atoms with van der Waals surface area (Å²) in [6.07, 6.45) is 1.70. The Balaban J connectivity index is 1.78. The van der Waals surface area contributed by atoms with E-state index in [-0.39, 0.29) is 11.7 Å². The molecule has 2 aromatic heterocycles. The second-order valence-electron chi connectivity index (χ2n) is 6.23. The molecule has 0 bridgehead atoms. The molecule has 1 amide bonds. The summed E-state index contributed by atoms with van der Waals surface area (Å²) in [4.78, 5) is 19.2. The van der Waals surface area contributed by atoms with Gasteiger partial charge in [-0.2, -0.15) is 0 Å². The summed E-state index contributed by atoms with van der Waals surface area (Å²) >= 11 is 0. The number of benzene rings is 2. The second-order valence-corrected chi connectivity index (χ2v) is 6.23. The van der Waals surface area contributed by atoms with E-state index in [9.17, 15) is 4.79 Å². The van der Waals surface area contributed by atoms with Gasteiger partial charge in [0.2, 0.25) is 5.71 Å². The summed E-state index contributed by atoms with van der Waals surface area (Å²) in [5, 5.41) is 1.84. The van der Waals surface area contributed by atoms with E-state index in [0.29, 0.717) is 12.3 Å². The fourth-order valence-electron chi connectivity index (χ4n) is 3.02. The van der Waals surface area contributed by atoms with Crippen LogP contribution in [-0.4, -0.2) is 17.4 Å². The van der Waals surface area contributed by atoms with Crippen molar-refractivity contribution in [1.82, 2.24) is 4.98 Å². The normalized spacial score (nSPS) is 11.0. The number of nitrogens with zero attached hydrogens (tertiary/aromatic N) is 2. The highest BCUT2D eigenvalue weighted by Gasteiger charge is 2.21. The van der Waals surface area contributed by atoms with Gasteiger partial charge in [-0.15, -0.1) is 6.58 Å². The number of pyridine rings is 1. The van der Waals surface area contributed by atoms with Crippen LogP contribution < -0.4 is 4.90 Å². The zero-order chi connectivity index (χ0) is 18.1. The number of carbonyl (C=O) groups is 1. The molecule has 2 heterocycles. The third-order valence-electron chi connectivity index (χ3n) is 4.29.